The van der Waals surface area contributed by atoms with Gasteiger partial charge in [0.2, 0.25) is 0 Å². The lowest BCUT2D eigenvalue weighted by Gasteiger charge is -2.06. The molecule has 0 N–H and O–H groups in total. The number of halogens is 3. The fourth-order valence-electron chi connectivity index (χ4n) is 1.01. The van der Waals surface area contributed by atoms with Crippen molar-refractivity contribution in [3.63, 3.8) is 0 Å². The molecule has 1 heterocycles. The van der Waals surface area contributed by atoms with Gasteiger partial charge in [0.05, 0.1) is 0 Å². The second kappa shape index (κ2) is 4.26. The van der Waals surface area contributed by atoms with Crippen molar-refractivity contribution in [3.8, 4) is 0 Å². The van der Waals surface area contributed by atoms with Crippen LogP contribution in [0, 0.1) is 0 Å². The van der Waals surface area contributed by atoms with Crippen molar-refractivity contribution in [2.45, 2.75) is 25.6 Å². The average Bonchev–Trinajstić information content (AvgIpc) is 2.06. The van der Waals surface area contributed by atoms with Gasteiger partial charge in [0.15, 0.2) is 0 Å². The van der Waals surface area contributed by atoms with Crippen LogP contribution in [0.1, 0.15) is 12.8 Å². The van der Waals surface area contributed by atoms with E-state index < -0.39 is 18.3 Å². The topological polar surface area (TPSA) is 34.9 Å². The highest BCUT2D eigenvalue weighted by molar-refractivity contribution is 4.80. The van der Waals surface area contributed by atoms with E-state index in [4.69, 9.17) is 0 Å². The molecule has 0 radical (unpaired) electrons. The highest BCUT2D eigenvalue weighted by Crippen LogP contribution is 2.21. The summed E-state index contributed by atoms with van der Waals surface area (Å²) in [6.07, 6.45) is -2.41. The molecular formula is C8H9F3N2O. The largest absolute Gasteiger partial charge is 0.389 e. The van der Waals surface area contributed by atoms with Crippen molar-refractivity contribution in [1.82, 2.24) is 9.55 Å². The first-order valence-electron chi connectivity index (χ1n) is 4.07. The predicted octanol–water partition coefficient (Wildman–Crippen LogP) is 1.59. The fraction of sp³-hybridized carbons (Fsp3) is 0.500. The average molecular weight is 206 g/mol. The first-order valence-corrected chi connectivity index (χ1v) is 4.07. The maximum atomic E-state index is 11.8. The van der Waals surface area contributed by atoms with Gasteiger partial charge < -0.3 is 0 Å². The lowest BCUT2D eigenvalue weighted by Crippen LogP contribution is -2.22. The van der Waals surface area contributed by atoms with Crippen LogP contribution < -0.4 is 5.69 Å². The van der Waals surface area contributed by atoms with E-state index in [-0.39, 0.29) is 13.0 Å². The standard InChI is InChI=1S/C8H9F3N2O/c9-8(10,11)3-1-5-13-6-2-4-12-7(13)14/h2,4,6H,1,3,5H2. The summed E-state index contributed by atoms with van der Waals surface area (Å²) in [5.74, 6) is 0. The van der Waals surface area contributed by atoms with Crippen molar-refractivity contribution in [1.29, 1.82) is 0 Å². The van der Waals surface area contributed by atoms with E-state index in [9.17, 15) is 18.0 Å². The summed E-state index contributed by atoms with van der Waals surface area (Å²) in [5, 5.41) is 0. The van der Waals surface area contributed by atoms with Crippen LogP contribution in [-0.2, 0) is 6.54 Å². The van der Waals surface area contributed by atoms with Crippen LogP contribution in [0.15, 0.2) is 23.3 Å². The Kier molecular flexibility index (Phi) is 3.27. The molecule has 0 aliphatic heterocycles. The molecule has 0 saturated carbocycles. The molecule has 3 nitrogen and oxygen atoms in total. The highest BCUT2D eigenvalue weighted by atomic mass is 19.4. The van der Waals surface area contributed by atoms with Crippen molar-refractivity contribution in [2.24, 2.45) is 0 Å². The number of rotatable bonds is 3. The zero-order valence-electron chi connectivity index (χ0n) is 7.29. The smallest absolute Gasteiger partial charge is 0.299 e. The molecular weight excluding hydrogens is 197 g/mol. The van der Waals surface area contributed by atoms with E-state index >= 15 is 0 Å². The Bertz CT molecular complexity index is 345. The molecule has 0 spiro atoms. The number of aryl methyl sites for hydroxylation is 1. The van der Waals surface area contributed by atoms with Crippen LogP contribution in [0.5, 0.6) is 0 Å². The molecule has 0 amide bonds. The van der Waals surface area contributed by atoms with E-state index in [0.29, 0.717) is 0 Å². The lowest BCUT2D eigenvalue weighted by atomic mass is 10.3. The third-order valence-electron chi connectivity index (χ3n) is 1.64. The van der Waals surface area contributed by atoms with Crippen LogP contribution in [0.2, 0.25) is 0 Å². The Labute approximate surface area is 78.2 Å². The van der Waals surface area contributed by atoms with E-state index in [1.54, 1.807) is 0 Å². The van der Waals surface area contributed by atoms with Crippen LogP contribution in [-0.4, -0.2) is 15.7 Å². The quantitative estimate of drug-likeness (QED) is 0.752. The van der Waals surface area contributed by atoms with E-state index in [2.05, 4.69) is 4.98 Å². The lowest BCUT2D eigenvalue weighted by molar-refractivity contribution is -0.135. The molecule has 14 heavy (non-hydrogen) atoms. The highest BCUT2D eigenvalue weighted by Gasteiger charge is 2.25. The van der Waals surface area contributed by atoms with Gasteiger partial charge in [-0.2, -0.15) is 13.2 Å². The molecule has 0 aliphatic carbocycles. The molecule has 6 heteroatoms. The summed E-state index contributed by atoms with van der Waals surface area (Å²) < 4.78 is 36.4. The molecule has 0 unspecified atom stereocenters. The molecule has 0 aliphatic rings. The number of alkyl halides is 3. The summed E-state index contributed by atoms with van der Waals surface area (Å²) in [6, 6.07) is 1.51. The number of hydrogen-bond acceptors (Lipinski definition) is 2. The van der Waals surface area contributed by atoms with E-state index in [1.165, 1.54) is 18.5 Å². The molecule has 78 valence electrons. The van der Waals surface area contributed by atoms with Gasteiger partial charge in [-0.15, -0.1) is 0 Å². The zero-order valence-corrected chi connectivity index (χ0v) is 7.29. The van der Waals surface area contributed by atoms with Crippen molar-refractivity contribution in [2.75, 3.05) is 0 Å². The molecule has 0 fully saturated rings. The van der Waals surface area contributed by atoms with Crippen molar-refractivity contribution >= 4 is 0 Å². The Hall–Kier alpha value is -1.33. The normalized spacial score (nSPS) is 11.6. The van der Waals surface area contributed by atoms with Crippen LogP contribution in [0.25, 0.3) is 0 Å². The number of hydrogen-bond donors (Lipinski definition) is 0. The monoisotopic (exact) mass is 206 g/mol. The second-order valence-corrected chi connectivity index (χ2v) is 2.81. The van der Waals surface area contributed by atoms with Gasteiger partial charge in [-0.3, -0.25) is 4.57 Å². The molecule has 0 bridgehead atoms. The summed E-state index contributed by atoms with van der Waals surface area (Å²) in [5.41, 5.74) is -0.519. The molecule has 1 aromatic rings. The van der Waals surface area contributed by atoms with E-state index in [1.807, 2.05) is 0 Å². The molecule has 0 saturated heterocycles. The molecule has 0 atom stereocenters. The second-order valence-electron chi connectivity index (χ2n) is 2.81. The molecule has 1 aromatic heterocycles. The van der Waals surface area contributed by atoms with Crippen LogP contribution >= 0.6 is 0 Å². The minimum atomic E-state index is -4.16. The minimum Gasteiger partial charge on any atom is -0.299 e. The Morgan fingerprint density at radius 3 is 2.71 bits per heavy atom. The maximum absolute atomic E-state index is 11.8. The first-order chi connectivity index (χ1) is 6.49. The van der Waals surface area contributed by atoms with Crippen LogP contribution in [0.3, 0.4) is 0 Å². The summed E-state index contributed by atoms with van der Waals surface area (Å²) >= 11 is 0. The first kappa shape index (κ1) is 10.7. The SMILES string of the molecule is O=c1ncccn1CCCC(F)(F)F. The van der Waals surface area contributed by atoms with Crippen LogP contribution in [0.4, 0.5) is 13.2 Å². The van der Waals surface area contributed by atoms with Gasteiger partial charge in [0.1, 0.15) is 0 Å². The fourth-order valence-corrected chi connectivity index (χ4v) is 1.01. The van der Waals surface area contributed by atoms with Crippen molar-refractivity contribution < 1.29 is 13.2 Å². The van der Waals surface area contributed by atoms with Gasteiger partial charge in [-0.25, -0.2) is 9.78 Å². The van der Waals surface area contributed by atoms with Gasteiger partial charge in [0.25, 0.3) is 0 Å². The zero-order chi connectivity index (χ0) is 10.6. The Morgan fingerprint density at radius 2 is 2.14 bits per heavy atom. The predicted molar refractivity (Wildman–Crippen MR) is 43.8 cm³/mol. The molecule has 1 rings (SSSR count). The maximum Gasteiger partial charge on any atom is 0.389 e. The summed E-state index contributed by atoms with van der Waals surface area (Å²) in [7, 11) is 0. The third-order valence-corrected chi connectivity index (χ3v) is 1.64. The van der Waals surface area contributed by atoms with Crippen molar-refractivity contribution in [3.05, 3.63) is 28.9 Å². The minimum absolute atomic E-state index is 0.0478. The van der Waals surface area contributed by atoms with Gasteiger partial charge in [-0.1, -0.05) is 0 Å². The summed E-state index contributed by atoms with van der Waals surface area (Å²) in [4.78, 5) is 14.4. The molecule has 0 aromatic carbocycles. The van der Waals surface area contributed by atoms with Gasteiger partial charge in [-0.05, 0) is 12.5 Å². The Balaban J connectivity index is 2.47. The van der Waals surface area contributed by atoms with Gasteiger partial charge in [0, 0.05) is 25.4 Å². The Morgan fingerprint density at radius 1 is 1.43 bits per heavy atom. The summed E-state index contributed by atoms with van der Waals surface area (Å²) in [6.45, 7) is 0.0478. The number of nitrogens with zero attached hydrogens (tertiary/aromatic N) is 2. The van der Waals surface area contributed by atoms with E-state index in [0.717, 1.165) is 4.57 Å². The number of aromatic nitrogens is 2. The van der Waals surface area contributed by atoms with Gasteiger partial charge >= 0.3 is 11.9 Å². The third kappa shape index (κ3) is 3.59.